The molecular formula is C19H23N3O6. The summed E-state index contributed by atoms with van der Waals surface area (Å²) in [6, 6.07) is 6.14. The van der Waals surface area contributed by atoms with Gasteiger partial charge < -0.3 is 16.2 Å². The van der Waals surface area contributed by atoms with E-state index in [-0.39, 0.29) is 19.3 Å². The number of carboxylic acids is 1. The Balaban J connectivity index is 2.47. The van der Waals surface area contributed by atoms with Crippen LogP contribution < -0.4 is 11.1 Å². The molecule has 0 radical (unpaired) electrons. The van der Waals surface area contributed by atoms with E-state index < -0.39 is 47.1 Å². The van der Waals surface area contributed by atoms with Crippen LogP contribution in [-0.2, 0) is 30.4 Å². The van der Waals surface area contributed by atoms with Crippen molar-refractivity contribution in [2.75, 3.05) is 0 Å². The van der Waals surface area contributed by atoms with Crippen molar-refractivity contribution < 1.29 is 29.1 Å². The number of ketones is 1. The zero-order chi connectivity index (χ0) is 21.1. The zero-order valence-electron chi connectivity index (χ0n) is 15.7. The number of aliphatic carboxylic acids is 1. The number of hydrogen-bond acceptors (Lipinski definition) is 6. The number of likely N-dealkylation sites (tertiary alicyclic amines) is 1. The number of imide groups is 1. The average Bonchev–Trinajstić information content (AvgIpc) is 2.64. The van der Waals surface area contributed by atoms with Gasteiger partial charge in [-0.2, -0.15) is 0 Å². The lowest BCUT2D eigenvalue weighted by Crippen LogP contribution is -2.70. The van der Waals surface area contributed by atoms with Crippen molar-refractivity contribution in [1.82, 2.24) is 10.2 Å². The summed E-state index contributed by atoms with van der Waals surface area (Å²) in [5.41, 5.74) is 3.59. The maximum atomic E-state index is 13.0. The number of hydrogen-bond donors (Lipinski definition) is 3. The fraction of sp³-hybridized carbons (Fsp3) is 0.421. The highest BCUT2D eigenvalue weighted by atomic mass is 16.4. The molecule has 0 aliphatic carbocycles. The molecule has 3 atom stereocenters. The highest BCUT2D eigenvalue weighted by Crippen LogP contribution is 2.31. The number of carbonyl (C=O) groups is 5. The lowest BCUT2D eigenvalue weighted by molar-refractivity contribution is -0.175. The van der Waals surface area contributed by atoms with Gasteiger partial charge in [0.2, 0.25) is 17.4 Å². The number of carboxylic acid groups (broad SMARTS) is 1. The maximum absolute atomic E-state index is 13.0. The number of nitrogens with two attached hydrogens (primary N) is 1. The Morgan fingerprint density at radius 2 is 1.79 bits per heavy atom. The van der Waals surface area contributed by atoms with Crippen LogP contribution in [0.25, 0.3) is 0 Å². The summed E-state index contributed by atoms with van der Waals surface area (Å²) < 4.78 is 0. The standard InChI is InChI=1S/C19H23N3O6/c1-11(20)16(25)21-12(2)17(26)22-15(24)9-8-14(23)19(22,18(27)28)10-13-6-4-3-5-7-13/h3-7,11-12H,8-10,20H2,1-2H3,(H,21,25)(H,27,28)/t11-,12-,19+/m0/s1. The van der Waals surface area contributed by atoms with E-state index in [1.807, 2.05) is 0 Å². The molecule has 1 aromatic rings. The van der Waals surface area contributed by atoms with Crippen LogP contribution in [0.15, 0.2) is 30.3 Å². The third-order valence-corrected chi connectivity index (χ3v) is 4.68. The summed E-state index contributed by atoms with van der Waals surface area (Å²) in [6.07, 6.45) is -0.905. The van der Waals surface area contributed by atoms with Gasteiger partial charge in [0, 0.05) is 19.3 Å². The van der Waals surface area contributed by atoms with Crippen molar-refractivity contribution in [3.05, 3.63) is 35.9 Å². The molecule has 4 N–H and O–H groups in total. The lowest BCUT2D eigenvalue weighted by Gasteiger charge is -2.42. The van der Waals surface area contributed by atoms with Crippen molar-refractivity contribution >= 4 is 29.5 Å². The number of piperidine rings is 1. The number of amides is 3. The number of benzene rings is 1. The van der Waals surface area contributed by atoms with Crippen LogP contribution in [0.2, 0.25) is 0 Å². The Kier molecular flexibility index (Phi) is 6.30. The summed E-state index contributed by atoms with van der Waals surface area (Å²) >= 11 is 0. The van der Waals surface area contributed by atoms with Gasteiger partial charge in [-0.3, -0.25) is 24.1 Å². The number of nitrogens with zero attached hydrogens (tertiary/aromatic N) is 1. The molecule has 2 rings (SSSR count). The molecule has 9 heteroatoms. The molecular weight excluding hydrogens is 366 g/mol. The second-order valence-electron chi connectivity index (χ2n) is 6.84. The Morgan fingerprint density at radius 1 is 1.18 bits per heavy atom. The van der Waals surface area contributed by atoms with E-state index in [2.05, 4.69) is 5.32 Å². The van der Waals surface area contributed by atoms with Gasteiger partial charge in [0.05, 0.1) is 6.04 Å². The van der Waals surface area contributed by atoms with E-state index in [4.69, 9.17) is 5.73 Å². The van der Waals surface area contributed by atoms with Gasteiger partial charge in [0.25, 0.3) is 5.91 Å². The molecule has 1 aromatic carbocycles. The minimum Gasteiger partial charge on any atom is -0.479 e. The summed E-state index contributed by atoms with van der Waals surface area (Å²) in [4.78, 5) is 62.8. The maximum Gasteiger partial charge on any atom is 0.338 e. The van der Waals surface area contributed by atoms with E-state index in [1.54, 1.807) is 30.3 Å². The van der Waals surface area contributed by atoms with Crippen LogP contribution in [0, 0.1) is 0 Å². The normalized spacial score (nSPS) is 21.8. The van der Waals surface area contributed by atoms with Crippen LogP contribution in [0.3, 0.4) is 0 Å². The van der Waals surface area contributed by atoms with Crippen molar-refractivity contribution in [1.29, 1.82) is 0 Å². The Morgan fingerprint density at radius 3 is 2.32 bits per heavy atom. The summed E-state index contributed by atoms with van der Waals surface area (Å²) in [5, 5.41) is 12.3. The van der Waals surface area contributed by atoms with E-state index >= 15 is 0 Å². The van der Waals surface area contributed by atoms with E-state index in [0.29, 0.717) is 10.5 Å². The van der Waals surface area contributed by atoms with Crippen molar-refractivity contribution in [2.24, 2.45) is 5.73 Å². The molecule has 28 heavy (non-hydrogen) atoms. The third-order valence-electron chi connectivity index (χ3n) is 4.68. The van der Waals surface area contributed by atoms with Gasteiger partial charge >= 0.3 is 5.97 Å². The smallest absolute Gasteiger partial charge is 0.338 e. The molecule has 0 bridgehead atoms. The average molecular weight is 389 g/mol. The van der Waals surface area contributed by atoms with Crippen molar-refractivity contribution in [3.8, 4) is 0 Å². The fourth-order valence-corrected chi connectivity index (χ4v) is 3.15. The minimum absolute atomic E-state index is 0.275. The van der Waals surface area contributed by atoms with Crippen molar-refractivity contribution in [3.63, 3.8) is 0 Å². The van der Waals surface area contributed by atoms with Gasteiger partial charge in [-0.1, -0.05) is 30.3 Å². The summed E-state index contributed by atoms with van der Waals surface area (Å²) in [7, 11) is 0. The van der Waals surface area contributed by atoms with E-state index in [0.717, 1.165) is 0 Å². The second kappa shape index (κ2) is 8.30. The first kappa shape index (κ1) is 21.2. The SMILES string of the molecule is C[C@H](N)C(=O)N[C@@H](C)C(=O)N1C(=O)CCC(=O)[C@]1(Cc1ccccc1)C(=O)O. The van der Waals surface area contributed by atoms with Gasteiger partial charge in [-0.05, 0) is 19.4 Å². The lowest BCUT2D eigenvalue weighted by atomic mass is 9.79. The highest BCUT2D eigenvalue weighted by molar-refractivity contribution is 6.18. The molecule has 0 unspecified atom stereocenters. The second-order valence-corrected chi connectivity index (χ2v) is 6.84. The highest BCUT2D eigenvalue weighted by Gasteiger charge is 2.58. The van der Waals surface area contributed by atoms with Gasteiger partial charge in [0.15, 0.2) is 5.78 Å². The first-order chi connectivity index (χ1) is 13.1. The molecule has 1 aliphatic heterocycles. The summed E-state index contributed by atoms with van der Waals surface area (Å²) in [6.45, 7) is 2.73. The fourth-order valence-electron chi connectivity index (χ4n) is 3.15. The number of Topliss-reactive ketones (excluding diaryl/α,β-unsaturated/α-hetero) is 1. The van der Waals surface area contributed by atoms with Gasteiger partial charge in [-0.15, -0.1) is 0 Å². The van der Waals surface area contributed by atoms with Crippen molar-refractivity contribution in [2.45, 2.75) is 50.7 Å². The quantitative estimate of drug-likeness (QED) is 0.562. The first-order valence-corrected chi connectivity index (χ1v) is 8.84. The Bertz CT molecular complexity index is 807. The molecule has 3 amide bonds. The minimum atomic E-state index is -2.36. The molecule has 0 spiro atoms. The van der Waals surface area contributed by atoms with E-state index in [9.17, 15) is 29.1 Å². The predicted octanol–water partition coefficient (Wildman–Crippen LogP) is -0.377. The first-order valence-electron chi connectivity index (χ1n) is 8.84. The van der Waals surface area contributed by atoms with Crippen LogP contribution in [-0.4, -0.2) is 57.1 Å². The molecule has 1 heterocycles. The third kappa shape index (κ3) is 3.94. The topological polar surface area (TPSA) is 147 Å². The molecule has 1 aliphatic rings. The number of rotatable bonds is 6. The van der Waals surface area contributed by atoms with Crippen LogP contribution in [0.1, 0.15) is 32.3 Å². The molecule has 9 nitrogen and oxygen atoms in total. The van der Waals surface area contributed by atoms with E-state index in [1.165, 1.54) is 13.8 Å². The monoisotopic (exact) mass is 389 g/mol. The molecule has 150 valence electrons. The van der Waals surface area contributed by atoms with Crippen LogP contribution in [0.4, 0.5) is 0 Å². The van der Waals surface area contributed by atoms with Gasteiger partial charge in [0.1, 0.15) is 6.04 Å². The molecule has 0 aromatic heterocycles. The Hall–Kier alpha value is -3.07. The molecule has 1 fully saturated rings. The zero-order valence-corrected chi connectivity index (χ0v) is 15.7. The molecule has 0 saturated carbocycles. The predicted molar refractivity (Wildman–Crippen MR) is 97.9 cm³/mol. The van der Waals surface area contributed by atoms with Gasteiger partial charge in [-0.25, -0.2) is 4.79 Å². The summed E-state index contributed by atoms with van der Waals surface area (Å²) in [5.74, 6) is -4.70. The number of carbonyl (C=O) groups excluding carboxylic acids is 4. The largest absolute Gasteiger partial charge is 0.479 e. The van der Waals surface area contributed by atoms with Crippen LogP contribution >= 0.6 is 0 Å². The Labute approximate surface area is 161 Å². The van der Waals surface area contributed by atoms with Crippen LogP contribution in [0.5, 0.6) is 0 Å². The molecule has 1 saturated heterocycles. The number of nitrogens with one attached hydrogen (secondary N) is 1.